The molecule has 0 amide bonds. The normalized spacial score (nSPS) is 13.2. The van der Waals surface area contributed by atoms with E-state index in [1.165, 1.54) is 4.88 Å². The minimum atomic E-state index is -0.352. The molecule has 1 aromatic heterocycles. The Labute approximate surface area is 121 Å². The molecule has 1 aromatic rings. The highest BCUT2D eigenvalue weighted by molar-refractivity contribution is 9.10. The standard InChI is InChI=1S/C12H21BrN2O2S/c1-15(8-12-5-10(13)9-18-12)7-11(16)6-14-3-4-17-2/h5,9,11,14,16H,3-4,6-8H2,1-2H3. The van der Waals surface area contributed by atoms with E-state index in [0.717, 1.165) is 17.6 Å². The topological polar surface area (TPSA) is 44.7 Å². The van der Waals surface area contributed by atoms with Gasteiger partial charge < -0.3 is 15.2 Å². The summed E-state index contributed by atoms with van der Waals surface area (Å²) in [7, 11) is 3.69. The molecule has 1 rings (SSSR count). The molecule has 0 aliphatic heterocycles. The average molecular weight is 337 g/mol. The van der Waals surface area contributed by atoms with Gasteiger partial charge in [0, 0.05) is 48.0 Å². The van der Waals surface area contributed by atoms with Gasteiger partial charge in [-0.25, -0.2) is 0 Å². The van der Waals surface area contributed by atoms with Gasteiger partial charge in [0.25, 0.3) is 0 Å². The number of halogens is 1. The summed E-state index contributed by atoms with van der Waals surface area (Å²) < 4.78 is 6.05. The van der Waals surface area contributed by atoms with E-state index in [4.69, 9.17) is 4.74 Å². The summed E-state index contributed by atoms with van der Waals surface area (Å²) in [5, 5.41) is 15.1. The van der Waals surface area contributed by atoms with Crippen LogP contribution in [-0.2, 0) is 11.3 Å². The summed E-state index contributed by atoms with van der Waals surface area (Å²) in [5.74, 6) is 0. The van der Waals surface area contributed by atoms with Crippen molar-refractivity contribution in [2.75, 3.05) is 40.4 Å². The number of aliphatic hydroxyl groups excluding tert-OH is 1. The van der Waals surface area contributed by atoms with E-state index in [-0.39, 0.29) is 6.10 Å². The minimum Gasteiger partial charge on any atom is -0.390 e. The maximum atomic E-state index is 9.85. The second-order valence-corrected chi connectivity index (χ2v) is 6.19. The molecule has 1 heterocycles. The fourth-order valence-electron chi connectivity index (χ4n) is 1.63. The highest BCUT2D eigenvalue weighted by Gasteiger charge is 2.09. The molecule has 0 aromatic carbocycles. The molecule has 2 N–H and O–H groups in total. The number of hydrogen-bond acceptors (Lipinski definition) is 5. The zero-order valence-corrected chi connectivity index (χ0v) is 13.3. The Morgan fingerprint density at radius 1 is 1.61 bits per heavy atom. The van der Waals surface area contributed by atoms with Crippen molar-refractivity contribution in [2.45, 2.75) is 12.6 Å². The van der Waals surface area contributed by atoms with Gasteiger partial charge in [-0.05, 0) is 29.0 Å². The maximum absolute atomic E-state index is 9.85. The first-order chi connectivity index (χ1) is 8.61. The van der Waals surface area contributed by atoms with E-state index in [2.05, 4.69) is 37.6 Å². The average Bonchev–Trinajstić information content (AvgIpc) is 2.70. The summed E-state index contributed by atoms with van der Waals surface area (Å²) in [6.07, 6.45) is -0.352. The Morgan fingerprint density at radius 2 is 2.39 bits per heavy atom. The zero-order chi connectivity index (χ0) is 13.4. The summed E-state index contributed by atoms with van der Waals surface area (Å²) >= 11 is 5.17. The molecule has 0 fully saturated rings. The second kappa shape index (κ2) is 9.01. The molecule has 0 aliphatic carbocycles. The van der Waals surface area contributed by atoms with E-state index in [0.29, 0.717) is 19.7 Å². The first-order valence-corrected chi connectivity index (χ1v) is 7.58. The lowest BCUT2D eigenvalue weighted by atomic mass is 10.3. The zero-order valence-electron chi connectivity index (χ0n) is 10.9. The molecular formula is C12H21BrN2O2S. The quantitative estimate of drug-likeness (QED) is 0.671. The van der Waals surface area contributed by atoms with Crippen LogP contribution < -0.4 is 5.32 Å². The minimum absolute atomic E-state index is 0.352. The van der Waals surface area contributed by atoms with E-state index >= 15 is 0 Å². The highest BCUT2D eigenvalue weighted by atomic mass is 79.9. The Hall–Kier alpha value is 0.0200. The van der Waals surface area contributed by atoms with Crippen molar-refractivity contribution in [1.82, 2.24) is 10.2 Å². The number of thiophene rings is 1. The van der Waals surface area contributed by atoms with Gasteiger partial charge >= 0.3 is 0 Å². The molecule has 18 heavy (non-hydrogen) atoms. The van der Waals surface area contributed by atoms with Crippen LogP contribution in [0, 0.1) is 0 Å². The van der Waals surface area contributed by atoms with Crippen molar-refractivity contribution in [3.8, 4) is 0 Å². The molecule has 104 valence electrons. The van der Waals surface area contributed by atoms with Crippen molar-refractivity contribution < 1.29 is 9.84 Å². The predicted octanol–water partition coefficient (Wildman–Crippen LogP) is 1.54. The van der Waals surface area contributed by atoms with Crippen LogP contribution in [0.25, 0.3) is 0 Å². The van der Waals surface area contributed by atoms with Crippen LogP contribution in [0.1, 0.15) is 4.88 Å². The van der Waals surface area contributed by atoms with Gasteiger partial charge in [0.15, 0.2) is 0 Å². The number of methoxy groups -OCH3 is 1. The van der Waals surface area contributed by atoms with Crippen LogP contribution in [0.4, 0.5) is 0 Å². The fraction of sp³-hybridized carbons (Fsp3) is 0.667. The van der Waals surface area contributed by atoms with Crippen molar-refractivity contribution in [3.63, 3.8) is 0 Å². The molecule has 1 atom stereocenters. The number of nitrogens with one attached hydrogen (secondary N) is 1. The first kappa shape index (κ1) is 16.1. The largest absolute Gasteiger partial charge is 0.390 e. The number of aliphatic hydroxyl groups is 1. The number of nitrogens with zero attached hydrogens (tertiary/aromatic N) is 1. The first-order valence-electron chi connectivity index (χ1n) is 5.91. The molecule has 0 aliphatic rings. The third-order valence-corrected chi connectivity index (χ3v) is 4.12. The lowest BCUT2D eigenvalue weighted by Gasteiger charge is -2.20. The third kappa shape index (κ3) is 6.82. The van der Waals surface area contributed by atoms with Gasteiger partial charge in [-0.2, -0.15) is 0 Å². The fourth-order valence-corrected chi connectivity index (χ4v) is 3.16. The van der Waals surface area contributed by atoms with Crippen molar-refractivity contribution >= 4 is 27.3 Å². The van der Waals surface area contributed by atoms with Crippen molar-refractivity contribution in [3.05, 3.63) is 20.8 Å². The molecule has 6 heteroatoms. The maximum Gasteiger partial charge on any atom is 0.0791 e. The second-order valence-electron chi connectivity index (χ2n) is 4.28. The van der Waals surface area contributed by atoms with Gasteiger partial charge in [-0.15, -0.1) is 11.3 Å². The molecule has 0 saturated carbocycles. The van der Waals surface area contributed by atoms with Gasteiger partial charge in [0.05, 0.1) is 12.7 Å². The molecular weight excluding hydrogens is 316 g/mol. The molecule has 1 unspecified atom stereocenters. The number of hydrogen-bond donors (Lipinski definition) is 2. The lowest BCUT2D eigenvalue weighted by molar-refractivity contribution is 0.118. The van der Waals surface area contributed by atoms with Crippen LogP contribution >= 0.6 is 27.3 Å². The summed E-state index contributed by atoms with van der Waals surface area (Å²) in [6.45, 7) is 3.57. The number of likely N-dealkylation sites (N-methyl/N-ethyl adjacent to an activating group) is 1. The van der Waals surface area contributed by atoms with Crippen LogP contribution in [-0.4, -0.2) is 56.5 Å². The molecule has 0 spiro atoms. The summed E-state index contributed by atoms with van der Waals surface area (Å²) in [5.41, 5.74) is 0. The Morgan fingerprint density at radius 3 is 3.00 bits per heavy atom. The number of ether oxygens (including phenoxy) is 1. The van der Waals surface area contributed by atoms with Gasteiger partial charge in [-0.1, -0.05) is 0 Å². The van der Waals surface area contributed by atoms with Crippen LogP contribution in [0.3, 0.4) is 0 Å². The van der Waals surface area contributed by atoms with Gasteiger partial charge in [0.1, 0.15) is 0 Å². The van der Waals surface area contributed by atoms with Crippen molar-refractivity contribution in [1.29, 1.82) is 0 Å². The lowest BCUT2D eigenvalue weighted by Crippen LogP contribution is -2.37. The Bertz CT molecular complexity index is 336. The highest BCUT2D eigenvalue weighted by Crippen LogP contribution is 2.20. The molecule has 4 nitrogen and oxygen atoms in total. The monoisotopic (exact) mass is 336 g/mol. The van der Waals surface area contributed by atoms with Crippen LogP contribution in [0.2, 0.25) is 0 Å². The molecule has 0 radical (unpaired) electrons. The molecule has 0 saturated heterocycles. The van der Waals surface area contributed by atoms with E-state index in [1.54, 1.807) is 18.4 Å². The predicted molar refractivity (Wildman–Crippen MR) is 79.1 cm³/mol. The summed E-state index contributed by atoms with van der Waals surface area (Å²) in [4.78, 5) is 3.42. The Balaban J connectivity index is 2.16. The molecule has 0 bridgehead atoms. The smallest absolute Gasteiger partial charge is 0.0791 e. The van der Waals surface area contributed by atoms with Crippen molar-refractivity contribution in [2.24, 2.45) is 0 Å². The van der Waals surface area contributed by atoms with Gasteiger partial charge in [0.2, 0.25) is 0 Å². The van der Waals surface area contributed by atoms with Gasteiger partial charge in [-0.3, -0.25) is 4.90 Å². The van der Waals surface area contributed by atoms with E-state index < -0.39 is 0 Å². The van der Waals surface area contributed by atoms with E-state index in [9.17, 15) is 5.11 Å². The Kier molecular flexibility index (Phi) is 8.05. The van der Waals surface area contributed by atoms with E-state index in [1.807, 2.05) is 7.05 Å². The summed E-state index contributed by atoms with van der Waals surface area (Å²) in [6, 6.07) is 2.12. The van der Waals surface area contributed by atoms with Crippen LogP contribution in [0.15, 0.2) is 15.9 Å². The SMILES string of the molecule is COCCNCC(O)CN(C)Cc1cc(Br)cs1. The number of rotatable bonds is 9. The third-order valence-electron chi connectivity index (χ3n) is 2.43. The van der Waals surface area contributed by atoms with Crippen LogP contribution in [0.5, 0.6) is 0 Å².